The van der Waals surface area contributed by atoms with Crippen LogP contribution in [0.15, 0.2) is 36.4 Å². The molecule has 3 N–H and O–H groups in total. The number of nitrogens with two attached hydrogens (primary N) is 1. The molecule has 4 heteroatoms. The van der Waals surface area contributed by atoms with E-state index in [1.165, 1.54) is 0 Å². The lowest BCUT2D eigenvalue weighted by Crippen LogP contribution is -2.14. The van der Waals surface area contributed by atoms with E-state index < -0.39 is 0 Å². The van der Waals surface area contributed by atoms with Crippen molar-refractivity contribution in [2.24, 2.45) is 5.73 Å². The van der Waals surface area contributed by atoms with Gasteiger partial charge in [0, 0.05) is 12.1 Å². The summed E-state index contributed by atoms with van der Waals surface area (Å²) in [6, 6.07) is 11.2. The largest absolute Gasteiger partial charge is 0.495 e. The summed E-state index contributed by atoms with van der Waals surface area (Å²) in [7, 11) is 1.57. The number of anilines is 1. The summed E-state index contributed by atoms with van der Waals surface area (Å²) in [6.07, 6.45) is 0. The maximum atomic E-state index is 12.4. The van der Waals surface area contributed by atoms with Crippen molar-refractivity contribution in [3.05, 3.63) is 58.7 Å². The summed E-state index contributed by atoms with van der Waals surface area (Å²) >= 11 is 0. The Kier molecular flexibility index (Phi) is 4.60. The van der Waals surface area contributed by atoms with Crippen LogP contribution >= 0.6 is 0 Å². The van der Waals surface area contributed by atoms with Crippen LogP contribution in [0.2, 0.25) is 0 Å². The van der Waals surface area contributed by atoms with Crippen LogP contribution < -0.4 is 15.8 Å². The van der Waals surface area contributed by atoms with Crippen LogP contribution in [0.4, 0.5) is 5.69 Å². The van der Waals surface area contributed by atoms with Gasteiger partial charge in [-0.25, -0.2) is 0 Å². The van der Waals surface area contributed by atoms with Gasteiger partial charge in [-0.1, -0.05) is 18.2 Å². The molecular weight excluding hydrogens is 264 g/mol. The average Bonchev–Trinajstić information content (AvgIpc) is 2.50. The summed E-state index contributed by atoms with van der Waals surface area (Å²) in [5.74, 6) is 0.464. The fourth-order valence-electron chi connectivity index (χ4n) is 2.15. The van der Waals surface area contributed by atoms with Gasteiger partial charge in [0.15, 0.2) is 0 Å². The van der Waals surface area contributed by atoms with E-state index in [2.05, 4.69) is 5.32 Å². The predicted octanol–water partition coefficient (Wildman–Crippen LogP) is 3.02. The summed E-state index contributed by atoms with van der Waals surface area (Å²) in [4.78, 5) is 12.4. The van der Waals surface area contributed by atoms with Gasteiger partial charge in [-0.2, -0.15) is 0 Å². The molecule has 21 heavy (non-hydrogen) atoms. The van der Waals surface area contributed by atoms with E-state index in [4.69, 9.17) is 10.5 Å². The number of hydrogen-bond donors (Lipinski definition) is 2. The van der Waals surface area contributed by atoms with Crippen molar-refractivity contribution in [2.45, 2.75) is 20.4 Å². The number of rotatable bonds is 4. The van der Waals surface area contributed by atoms with Crippen molar-refractivity contribution >= 4 is 11.6 Å². The minimum Gasteiger partial charge on any atom is -0.495 e. The molecule has 0 radical (unpaired) electrons. The number of carbonyl (C=O) groups excluding carboxylic acids is 1. The van der Waals surface area contributed by atoms with Gasteiger partial charge in [0.2, 0.25) is 0 Å². The third kappa shape index (κ3) is 3.23. The molecule has 0 bridgehead atoms. The van der Waals surface area contributed by atoms with Crippen LogP contribution in [0.3, 0.4) is 0 Å². The van der Waals surface area contributed by atoms with Crippen LogP contribution in [-0.2, 0) is 6.54 Å². The minimum absolute atomic E-state index is 0.144. The Morgan fingerprint density at radius 2 is 2.00 bits per heavy atom. The Labute approximate surface area is 124 Å². The predicted molar refractivity (Wildman–Crippen MR) is 84.8 cm³/mol. The molecule has 0 aliphatic heterocycles. The summed E-state index contributed by atoms with van der Waals surface area (Å²) in [6.45, 7) is 4.36. The lowest BCUT2D eigenvalue weighted by Gasteiger charge is -2.13. The van der Waals surface area contributed by atoms with Crippen molar-refractivity contribution in [3.63, 3.8) is 0 Å². The third-order valence-corrected chi connectivity index (χ3v) is 3.60. The molecule has 2 rings (SSSR count). The first kappa shape index (κ1) is 15.1. The molecule has 0 aliphatic rings. The van der Waals surface area contributed by atoms with Crippen LogP contribution in [0, 0.1) is 13.8 Å². The van der Waals surface area contributed by atoms with Crippen LogP contribution in [0.1, 0.15) is 27.0 Å². The lowest BCUT2D eigenvalue weighted by molar-refractivity contribution is 0.102. The zero-order valence-electron chi connectivity index (χ0n) is 12.6. The van der Waals surface area contributed by atoms with E-state index in [1.807, 2.05) is 50.2 Å². The van der Waals surface area contributed by atoms with Crippen LogP contribution in [-0.4, -0.2) is 13.0 Å². The van der Waals surface area contributed by atoms with Crippen LogP contribution in [0.5, 0.6) is 5.75 Å². The highest BCUT2D eigenvalue weighted by Gasteiger charge is 2.13. The molecule has 0 atom stereocenters. The average molecular weight is 284 g/mol. The van der Waals surface area contributed by atoms with Gasteiger partial charge in [0.05, 0.1) is 12.8 Å². The van der Waals surface area contributed by atoms with E-state index in [-0.39, 0.29) is 5.91 Å². The summed E-state index contributed by atoms with van der Waals surface area (Å²) in [5, 5.41) is 2.89. The molecule has 0 aliphatic carbocycles. The fourth-order valence-corrected chi connectivity index (χ4v) is 2.15. The quantitative estimate of drug-likeness (QED) is 0.907. The van der Waals surface area contributed by atoms with Crippen molar-refractivity contribution in [1.82, 2.24) is 0 Å². The second-order valence-corrected chi connectivity index (χ2v) is 4.94. The molecule has 0 saturated carbocycles. The number of hydrogen-bond acceptors (Lipinski definition) is 3. The van der Waals surface area contributed by atoms with Crippen molar-refractivity contribution in [1.29, 1.82) is 0 Å². The van der Waals surface area contributed by atoms with Crippen molar-refractivity contribution in [3.8, 4) is 5.75 Å². The number of nitrogens with one attached hydrogen (secondary N) is 1. The summed E-state index contributed by atoms with van der Waals surface area (Å²) in [5.41, 5.74) is 9.94. The Morgan fingerprint density at radius 1 is 1.24 bits per heavy atom. The molecule has 0 aromatic heterocycles. The molecular formula is C17H20N2O2. The first-order valence-electron chi connectivity index (χ1n) is 6.81. The number of amides is 1. The SMILES string of the molecule is COc1cc(CN)ccc1NC(=O)c1cccc(C)c1C. The molecule has 0 spiro atoms. The highest BCUT2D eigenvalue weighted by atomic mass is 16.5. The molecule has 110 valence electrons. The van der Waals surface area contributed by atoms with Gasteiger partial charge < -0.3 is 15.8 Å². The number of aryl methyl sites for hydroxylation is 1. The highest BCUT2D eigenvalue weighted by Crippen LogP contribution is 2.26. The van der Waals surface area contributed by atoms with E-state index in [1.54, 1.807) is 7.11 Å². The van der Waals surface area contributed by atoms with Gasteiger partial charge in [-0.3, -0.25) is 4.79 Å². The molecule has 0 saturated heterocycles. The Balaban J connectivity index is 2.29. The number of carbonyl (C=O) groups is 1. The van der Waals surface area contributed by atoms with E-state index in [0.29, 0.717) is 23.5 Å². The fraction of sp³-hybridized carbons (Fsp3) is 0.235. The second-order valence-electron chi connectivity index (χ2n) is 4.94. The van der Waals surface area contributed by atoms with E-state index in [9.17, 15) is 4.79 Å². The first-order valence-corrected chi connectivity index (χ1v) is 6.81. The molecule has 4 nitrogen and oxygen atoms in total. The summed E-state index contributed by atoms with van der Waals surface area (Å²) < 4.78 is 5.31. The number of ether oxygens (including phenoxy) is 1. The Hall–Kier alpha value is -2.33. The monoisotopic (exact) mass is 284 g/mol. The molecule has 0 unspecified atom stereocenters. The van der Waals surface area contributed by atoms with E-state index in [0.717, 1.165) is 16.7 Å². The Morgan fingerprint density at radius 3 is 2.67 bits per heavy atom. The topological polar surface area (TPSA) is 64.3 Å². The molecule has 2 aromatic rings. The highest BCUT2D eigenvalue weighted by molar-refractivity contribution is 6.06. The lowest BCUT2D eigenvalue weighted by atomic mass is 10.0. The zero-order chi connectivity index (χ0) is 15.4. The molecule has 0 heterocycles. The van der Waals surface area contributed by atoms with Gasteiger partial charge in [-0.15, -0.1) is 0 Å². The molecule has 0 fully saturated rings. The van der Waals surface area contributed by atoms with Gasteiger partial charge in [-0.05, 0) is 48.7 Å². The van der Waals surface area contributed by atoms with Crippen molar-refractivity contribution < 1.29 is 9.53 Å². The molecule has 2 aromatic carbocycles. The Bertz CT molecular complexity index is 666. The smallest absolute Gasteiger partial charge is 0.256 e. The van der Waals surface area contributed by atoms with Gasteiger partial charge in [0.25, 0.3) is 5.91 Å². The van der Waals surface area contributed by atoms with Crippen molar-refractivity contribution in [2.75, 3.05) is 12.4 Å². The second kappa shape index (κ2) is 6.41. The third-order valence-electron chi connectivity index (χ3n) is 3.60. The van der Waals surface area contributed by atoms with E-state index >= 15 is 0 Å². The first-order chi connectivity index (χ1) is 10.1. The maximum Gasteiger partial charge on any atom is 0.256 e. The standard InChI is InChI=1S/C17H20N2O2/c1-11-5-4-6-14(12(11)2)17(20)19-15-8-7-13(10-18)9-16(15)21-3/h4-9H,10,18H2,1-3H3,(H,19,20). The van der Waals surface area contributed by atoms with Gasteiger partial charge in [0.1, 0.15) is 5.75 Å². The normalized spacial score (nSPS) is 10.3. The van der Waals surface area contributed by atoms with Crippen LogP contribution in [0.25, 0.3) is 0 Å². The maximum absolute atomic E-state index is 12.4. The molecule has 1 amide bonds. The number of methoxy groups -OCH3 is 1. The minimum atomic E-state index is -0.144. The van der Waals surface area contributed by atoms with Gasteiger partial charge >= 0.3 is 0 Å². The number of benzene rings is 2. The zero-order valence-corrected chi connectivity index (χ0v) is 12.6.